The normalized spacial score (nSPS) is 11.6. The molecule has 0 aliphatic rings. The molecule has 5 heteroatoms. The van der Waals surface area contributed by atoms with Gasteiger partial charge in [-0.25, -0.2) is 15.0 Å². The summed E-state index contributed by atoms with van der Waals surface area (Å²) in [7, 11) is 0. The molecular weight excluding hydrogens is 803 g/mol. The highest BCUT2D eigenvalue weighted by Crippen LogP contribution is 2.38. The molecule has 0 saturated carbocycles. The van der Waals surface area contributed by atoms with E-state index in [4.69, 9.17) is 15.0 Å². The minimum absolute atomic E-state index is 0.631. The summed E-state index contributed by atoms with van der Waals surface area (Å²) in [4.78, 5) is 15.0. The van der Waals surface area contributed by atoms with Crippen molar-refractivity contribution in [2.45, 2.75) is 26.2 Å². The molecule has 0 N–H and O–H groups in total. The molecule has 0 radical (unpaired) electrons. The lowest BCUT2D eigenvalue weighted by atomic mass is 9.98. The molecule has 0 unspecified atom stereocenters. The molecule has 0 amide bonds. The van der Waals surface area contributed by atoms with Crippen LogP contribution >= 0.6 is 0 Å². The summed E-state index contributed by atoms with van der Waals surface area (Å²) in [5.74, 6) is 1.92. The number of benzene rings is 9. The number of aromatic nitrogens is 5. The van der Waals surface area contributed by atoms with E-state index in [9.17, 15) is 0 Å². The van der Waals surface area contributed by atoms with Crippen LogP contribution in [0.3, 0.4) is 0 Å². The number of unbranched alkanes of at least 4 members (excludes halogenated alkanes) is 1. The minimum atomic E-state index is 0.631. The van der Waals surface area contributed by atoms with Crippen LogP contribution in [0, 0.1) is 0 Å². The van der Waals surface area contributed by atoms with Gasteiger partial charge in [0, 0.05) is 49.6 Å². The first-order valence-corrected chi connectivity index (χ1v) is 22.9. The zero-order valence-corrected chi connectivity index (χ0v) is 36.6. The van der Waals surface area contributed by atoms with Crippen LogP contribution in [-0.4, -0.2) is 24.1 Å². The van der Waals surface area contributed by atoms with Crippen LogP contribution in [0.25, 0.3) is 111 Å². The van der Waals surface area contributed by atoms with Crippen LogP contribution in [0.4, 0.5) is 0 Å². The summed E-state index contributed by atoms with van der Waals surface area (Å²) in [6.07, 6.45) is 3.50. The average Bonchev–Trinajstić information content (AvgIpc) is 3.91. The lowest BCUT2D eigenvalue weighted by Gasteiger charge is -2.12. The van der Waals surface area contributed by atoms with E-state index in [1.807, 2.05) is 60.7 Å². The van der Waals surface area contributed by atoms with Gasteiger partial charge in [0.15, 0.2) is 17.5 Å². The van der Waals surface area contributed by atoms with E-state index in [1.54, 1.807) is 0 Å². The van der Waals surface area contributed by atoms with Gasteiger partial charge >= 0.3 is 0 Å². The van der Waals surface area contributed by atoms with E-state index in [0.717, 1.165) is 39.8 Å². The summed E-state index contributed by atoms with van der Waals surface area (Å²) in [6.45, 7) is 2.26. The van der Waals surface area contributed by atoms with E-state index in [2.05, 4.69) is 174 Å². The van der Waals surface area contributed by atoms with Gasteiger partial charge in [-0.3, -0.25) is 0 Å². The molecule has 9 aromatic carbocycles. The van der Waals surface area contributed by atoms with E-state index in [0.29, 0.717) is 17.5 Å². The second kappa shape index (κ2) is 16.6. The number of nitrogens with zero attached hydrogens (tertiary/aromatic N) is 5. The molecule has 0 fully saturated rings. The Kier molecular flexibility index (Phi) is 9.87. The molecule has 5 nitrogen and oxygen atoms in total. The van der Waals surface area contributed by atoms with Gasteiger partial charge in [0.1, 0.15) is 0 Å². The van der Waals surface area contributed by atoms with Crippen LogP contribution in [-0.2, 0) is 6.42 Å². The molecule has 0 aliphatic carbocycles. The van der Waals surface area contributed by atoms with Gasteiger partial charge in [-0.15, -0.1) is 0 Å². The Labute approximate surface area is 384 Å². The Bertz CT molecular complexity index is 3680. The number of aryl methyl sites for hydroxylation is 1. The highest BCUT2D eigenvalue weighted by Gasteiger charge is 2.18. The standard InChI is InChI=1S/C61H45N5/c1-2-3-16-41-17-14-23-49(37-41)65-55-27-12-10-25-51(55)53-39-46(33-35-57(53)65)42-29-31-43(32-30-42)47-34-36-58-54(40-47)52-26-11-13-28-56(52)66(58)50-24-15-22-48(38-50)61-63-59(44-18-6-4-7-19-44)62-60(64-61)45-20-8-5-9-21-45/h4-15,17-40H,2-3,16H2,1H3. The maximum Gasteiger partial charge on any atom is 0.164 e. The maximum atomic E-state index is 5.03. The van der Waals surface area contributed by atoms with E-state index >= 15 is 0 Å². The van der Waals surface area contributed by atoms with E-state index < -0.39 is 0 Å². The van der Waals surface area contributed by atoms with Gasteiger partial charge in [0.2, 0.25) is 0 Å². The first-order valence-electron chi connectivity index (χ1n) is 22.9. The Morgan fingerprint density at radius 1 is 0.318 bits per heavy atom. The van der Waals surface area contributed by atoms with Crippen molar-refractivity contribution in [3.63, 3.8) is 0 Å². The van der Waals surface area contributed by atoms with Gasteiger partial charge in [-0.2, -0.15) is 0 Å². The zero-order valence-electron chi connectivity index (χ0n) is 36.6. The molecule has 314 valence electrons. The van der Waals surface area contributed by atoms with Crippen molar-refractivity contribution >= 4 is 43.6 Å². The summed E-state index contributed by atoms with van der Waals surface area (Å²) in [5.41, 5.74) is 16.0. The molecule has 66 heavy (non-hydrogen) atoms. The van der Waals surface area contributed by atoms with Gasteiger partial charge in [0.25, 0.3) is 0 Å². The van der Waals surface area contributed by atoms with Gasteiger partial charge in [0.05, 0.1) is 22.1 Å². The van der Waals surface area contributed by atoms with Gasteiger partial charge < -0.3 is 9.13 Å². The number of rotatable bonds is 10. The lowest BCUT2D eigenvalue weighted by molar-refractivity contribution is 0.794. The summed E-state index contributed by atoms with van der Waals surface area (Å²) >= 11 is 0. The summed E-state index contributed by atoms with van der Waals surface area (Å²) < 4.78 is 4.78. The van der Waals surface area contributed by atoms with Crippen LogP contribution in [0.5, 0.6) is 0 Å². The van der Waals surface area contributed by atoms with Crippen molar-refractivity contribution in [3.8, 4) is 67.8 Å². The maximum absolute atomic E-state index is 5.03. The number of fused-ring (bicyclic) bond motifs is 6. The predicted octanol–water partition coefficient (Wildman–Crippen LogP) is 15.7. The SMILES string of the molecule is CCCCc1cccc(-n2c3ccccc3c3cc(-c4ccc(-c5ccc6c(c5)c5ccccc5n6-c5cccc(-c6nc(-c7ccccc7)nc(-c7ccccc7)n6)c5)cc4)ccc32)c1. The zero-order chi connectivity index (χ0) is 44.0. The summed E-state index contributed by atoms with van der Waals surface area (Å²) in [5, 5.41) is 4.94. The third-order valence-corrected chi connectivity index (χ3v) is 12.9. The number of hydrogen-bond donors (Lipinski definition) is 0. The molecule has 12 aromatic rings. The molecule has 3 heterocycles. The molecule has 0 aliphatic heterocycles. The fourth-order valence-corrected chi connectivity index (χ4v) is 9.67. The summed E-state index contributed by atoms with van der Waals surface area (Å²) in [6, 6.07) is 78.2. The van der Waals surface area contributed by atoms with E-state index in [-0.39, 0.29) is 0 Å². The van der Waals surface area contributed by atoms with Crippen LogP contribution in [0.2, 0.25) is 0 Å². The van der Waals surface area contributed by atoms with Crippen molar-refractivity contribution in [1.82, 2.24) is 24.1 Å². The second-order valence-corrected chi connectivity index (χ2v) is 17.1. The Hall–Kier alpha value is -8.41. The molecule has 0 spiro atoms. The highest BCUT2D eigenvalue weighted by molar-refractivity contribution is 6.11. The average molecular weight is 848 g/mol. The van der Waals surface area contributed by atoms with Crippen molar-refractivity contribution in [1.29, 1.82) is 0 Å². The number of hydrogen-bond acceptors (Lipinski definition) is 3. The molecule has 3 aromatic heterocycles. The van der Waals surface area contributed by atoms with Crippen molar-refractivity contribution < 1.29 is 0 Å². The lowest BCUT2D eigenvalue weighted by Crippen LogP contribution is -2.01. The van der Waals surface area contributed by atoms with Gasteiger partial charge in [-0.05, 0) is 101 Å². The molecular formula is C61H45N5. The largest absolute Gasteiger partial charge is 0.309 e. The monoisotopic (exact) mass is 847 g/mol. The first kappa shape index (κ1) is 39.2. The smallest absolute Gasteiger partial charge is 0.164 e. The third-order valence-electron chi connectivity index (χ3n) is 12.9. The van der Waals surface area contributed by atoms with Crippen LogP contribution < -0.4 is 0 Å². The Morgan fingerprint density at radius 2 is 0.742 bits per heavy atom. The Balaban J connectivity index is 0.895. The van der Waals surface area contributed by atoms with Crippen molar-refractivity contribution in [3.05, 3.63) is 224 Å². The molecule has 0 saturated heterocycles. The second-order valence-electron chi connectivity index (χ2n) is 17.1. The molecule has 0 atom stereocenters. The topological polar surface area (TPSA) is 48.5 Å². The van der Waals surface area contributed by atoms with Crippen LogP contribution in [0.1, 0.15) is 25.3 Å². The fraction of sp³-hybridized carbons (Fsp3) is 0.0656. The van der Waals surface area contributed by atoms with E-state index in [1.165, 1.54) is 78.9 Å². The fourth-order valence-electron chi connectivity index (χ4n) is 9.67. The first-order chi connectivity index (χ1) is 32.7. The predicted molar refractivity (Wildman–Crippen MR) is 274 cm³/mol. The third kappa shape index (κ3) is 7.02. The quantitative estimate of drug-likeness (QED) is 0.138. The Morgan fingerprint density at radius 3 is 1.27 bits per heavy atom. The van der Waals surface area contributed by atoms with Gasteiger partial charge in [-0.1, -0.05) is 171 Å². The van der Waals surface area contributed by atoms with Crippen molar-refractivity contribution in [2.24, 2.45) is 0 Å². The number of para-hydroxylation sites is 2. The molecule has 0 bridgehead atoms. The van der Waals surface area contributed by atoms with Crippen molar-refractivity contribution in [2.75, 3.05) is 0 Å². The minimum Gasteiger partial charge on any atom is -0.309 e. The van der Waals surface area contributed by atoms with Crippen LogP contribution in [0.15, 0.2) is 218 Å². The highest BCUT2D eigenvalue weighted by atomic mass is 15.0. The molecule has 12 rings (SSSR count).